The summed E-state index contributed by atoms with van der Waals surface area (Å²) in [6.45, 7) is 17.0. The summed E-state index contributed by atoms with van der Waals surface area (Å²) in [5, 5.41) is 19.8. The summed E-state index contributed by atoms with van der Waals surface area (Å²) in [6, 6.07) is 1.48. The first-order valence-electron chi connectivity index (χ1n) is 10.8. The number of thioether (sulfide) groups is 1. The number of hydrogen-bond acceptors (Lipinski definition) is 5. The van der Waals surface area contributed by atoms with Crippen molar-refractivity contribution in [3.63, 3.8) is 0 Å². The number of ether oxygens (including phenoxy) is 1. The van der Waals surface area contributed by atoms with Gasteiger partial charge in [0.1, 0.15) is 18.1 Å². The van der Waals surface area contributed by atoms with Gasteiger partial charge < -0.3 is 19.6 Å². The van der Waals surface area contributed by atoms with E-state index in [4.69, 9.17) is 15.1 Å². The van der Waals surface area contributed by atoms with E-state index >= 15 is 0 Å². The molecule has 2 rings (SSSR count). The molecule has 0 bridgehead atoms. The fraction of sp³-hybridized carbons (Fsp3) is 0.810. The van der Waals surface area contributed by atoms with Crippen LogP contribution in [0.1, 0.15) is 39.5 Å². The first-order valence-corrected chi connectivity index (χ1v) is 15.5. The molecule has 2 fully saturated rings. The molecule has 0 radical (unpaired) electrons. The van der Waals surface area contributed by atoms with Crippen LogP contribution in [-0.2, 0) is 4.74 Å². The highest BCUT2D eigenvalue weighted by molar-refractivity contribution is 8.14. The minimum atomic E-state index is -1.13. The van der Waals surface area contributed by atoms with Gasteiger partial charge in [-0.15, -0.1) is 0 Å². The lowest BCUT2D eigenvalue weighted by Crippen LogP contribution is -2.45. The molecule has 3 unspecified atom stereocenters. The summed E-state index contributed by atoms with van der Waals surface area (Å²) in [5.74, 6) is 1.44. The Morgan fingerprint density at radius 2 is 2.21 bits per heavy atom. The molecule has 2 aliphatic rings. The number of rotatable bonds is 10. The van der Waals surface area contributed by atoms with Gasteiger partial charge in [0, 0.05) is 39.2 Å². The van der Waals surface area contributed by atoms with E-state index < -0.39 is 13.6 Å². The monoisotopic (exact) mass is 440 g/mol. The summed E-state index contributed by atoms with van der Waals surface area (Å²) in [6.07, 6.45) is 4.94. The van der Waals surface area contributed by atoms with E-state index in [0.717, 1.165) is 55.8 Å². The molecule has 0 aromatic heterocycles. The Morgan fingerprint density at radius 3 is 2.76 bits per heavy atom. The molecule has 0 spiro atoms. The lowest BCUT2D eigenvalue weighted by molar-refractivity contribution is 0.0902. The van der Waals surface area contributed by atoms with E-state index in [-0.39, 0.29) is 6.10 Å². The van der Waals surface area contributed by atoms with Gasteiger partial charge in [-0.25, -0.2) is 4.99 Å². The maximum absolute atomic E-state index is 9.93. The summed E-state index contributed by atoms with van der Waals surface area (Å²) in [5.41, 5.74) is -0.627. The smallest absolute Gasteiger partial charge is 0.160 e. The van der Waals surface area contributed by atoms with Gasteiger partial charge in [0.15, 0.2) is 5.17 Å². The number of nitrogens with one attached hydrogen (secondary N) is 1. The molecule has 1 aliphatic heterocycles. The average molecular weight is 441 g/mol. The van der Waals surface area contributed by atoms with Crippen molar-refractivity contribution in [2.75, 3.05) is 25.6 Å². The molecule has 1 saturated carbocycles. The van der Waals surface area contributed by atoms with Crippen LogP contribution in [0.15, 0.2) is 17.8 Å². The second kappa shape index (κ2) is 10.5. The van der Waals surface area contributed by atoms with Crippen molar-refractivity contribution in [2.45, 2.75) is 82.9 Å². The molecular weight excluding hydrogens is 400 g/mol. The van der Waals surface area contributed by atoms with Crippen molar-refractivity contribution >= 4 is 30.8 Å². The number of nitrogens with zero attached hydrogens (tertiary/aromatic N) is 3. The maximum Gasteiger partial charge on any atom is 0.160 e. The topological polar surface area (TPSA) is 72.2 Å². The van der Waals surface area contributed by atoms with Crippen LogP contribution >= 0.6 is 11.8 Å². The lowest BCUT2D eigenvalue weighted by atomic mass is 9.97. The SMILES string of the molecule is C=CN(COCC[Si](C)(C)C)C(=N)C(C)(CC)/N=C1\SCCN1C1CCC(O)C1. The third-order valence-corrected chi connectivity index (χ3v) is 8.58. The van der Waals surface area contributed by atoms with Gasteiger partial charge in [0.25, 0.3) is 0 Å². The highest BCUT2D eigenvalue weighted by Crippen LogP contribution is 2.32. The fourth-order valence-electron chi connectivity index (χ4n) is 3.64. The minimum absolute atomic E-state index is 0.188. The van der Waals surface area contributed by atoms with Crippen LogP contribution in [0, 0.1) is 5.41 Å². The van der Waals surface area contributed by atoms with Crippen LogP contribution in [0.5, 0.6) is 0 Å². The molecule has 0 aromatic carbocycles. The summed E-state index contributed by atoms with van der Waals surface area (Å²) >= 11 is 1.77. The first-order chi connectivity index (χ1) is 13.6. The Bertz CT molecular complexity index is 610. The van der Waals surface area contributed by atoms with Gasteiger partial charge in [0.05, 0.1) is 6.10 Å². The van der Waals surface area contributed by atoms with Crippen LogP contribution in [0.25, 0.3) is 0 Å². The predicted molar refractivity (Wildman–Crippen MR) is 128 cm³/mol. The molecule has 6 nitrogen and oxygen atoms in total. The van der Waals surface area contributed by atoms with Crippen LogP contribution in [-0.4, -0.2) is 77.3 Å². The maximum atomic E-state index is 9.93. The van der Waals surface area contributed by atoms with Gasteiger partial charge in [-0.3, -0.25) is 5.41 Å². The second-order valence-electron chi connectivity index (χ2n) is 9.53. The van der Waals surface area contributed by atoms with E-state index in [1.807, 2.05) is 6.92 Å². The Labute approximate surface area is 182 Å². The van der Waals surface area contributed by atoms with Gasteiger partial charge in [-0.2, -0.15) is 0 Å². The van der Waals surface area contributed by atoms with E-state index in [9.17, 15) is 5.11 Å². The van der Waals surface area contributed by atoms with E-state index in [0.29, 0.717) is 18.6 Å². The zero-order chi connectivity index (χ0) is 21.7. The zero-order valence-electron chi connectivity index (χ0n) is 18.9. The number of hydrogen-bond donors (Lipinski definition) is 2. The van der Waals surface area contributed by atoms with Gasteiger partial charge >= 0.3 is 0 Å². The fourth-order valence-corrected chi connectivity index (χ4v) is 5.54. The molecule has 8 heteroatoms. The van der Waals surface area contributed by atoms with Crippen molar-refractivity contribution in [3.8, 4) is 0 Å². The third kappa shape index (κ3) is 6.84. The molecular formula is C21H40N4O2SSi. The van der Waals surface area contributed by atoms with Crippen molar-refractivity contribution in [2.24, 2.45) is 4.99 Å². The molecule has 1 heterocycles. The lowest BCUT2D eigenvalue weighted by Gasteiger charge is -2.34. The zero-order valence-corrected chi connectivity index (χ0v) is 20.7. The molecule has 1 aliphatic carbocycles. The standard InChI is InChI=1S/C21H40N4O2SSi/c1-7-21(3,19(22)24(8-2)16-27-12-14-29(4,5)6)23-20-25(11-13-28-20)17-9-10-18(26)15-17/h8,17-18,22,26H,2,7,9-16H2,1,3-6H3/b22-19?,23-20-. The summed E-state index contributed by atoms with van der Waals surface area (Å²) < 4.78 is 5.86. The number of aliphatic hydroxyl groups is 1. The van der Waals surface area contributed by atoms with Crippen LogP contribution in [0.4, 0.5) is 0 Å². The van der Waals surface area contributed by atoms with Gasteiger partial charge in [0.2, 0.25) is 0 Å². The predicted octanol–water partition coefficient (Wildman–Crippen LogP) is 4.21. The Kier molecular flexibility index (Phi) is 8.82. The highest BCUT2D eigenvalue weighted by Gasteiger charge is 2.37. The summed E-state index contributed by atoms with van der Waals surface area (Å²) in [7, 11) is -1.13. The highest BCUT2D eigenvalue weighted by atomic mass is 32.2. The van der Waals surface area contributed by atoms with Crippen LogP contribution in [0.3, 0.4) is 0 Å². The van der Waals surface area contributed by atoms with Gasteiger partial charge in [-0.1, -0.05) is 44.9 Å². The van der Waals surface area contributed by atoms with E-state index in [1.165, 1.54) is 0 Å². The Balaban J connectivity index is 2.06. The van der Waals surface area contributed by atoms with Crippen LogP contribution in [0.2, 0.25) is 25.7 Å². The van der Waals surface area contributed by atoms with Gasteiger partial charge in [-0.05, 0) is 38.7 Å². The first kappa shape index (κ1) is 24.4. The Morgan fingerprint density at radius 1 is 1.48 bits per heavy atom. The largest absolute Gasteiger partial charge is 0.393 e. The van der Waals surface area contributed by atoms with Crippen molar-refractivity contribution < 1.29 is 9.84 Å². The summed E-state index contributed by atoms with van der Waals surface area (Å²) in [4.78, 5) is 9.21. The van der Waals surface area contributed by atoms with Crippen molar-refractivity contribution in [1.82, 2.24) is 9.80 Å². The molecule has 3 atom stereocenters. The molecule has 2 N–H and O–H groups in total. The quantitative estimate of drug-likeness (QED) is 0.175. The van der Waals surface area contributed by atoms with Crippen molar-refractivity contribution in [1.29, 1.82) is 5.41 Å². The molecule has 0 amide bonds. The van der Waals surface area contributed by atoms with E-state index in [1.54, 1.807) is 22.9 Å². The minimum Gasteiger partial charge on any atom is -0.393 e. The normalized spacial score (nSPS) is 26.0. The van der Waals surface area contributed by atoms with E-state index in [2.05, 4.69) is 38.0 Å². The second-order valence-corrected chi connectivity index (χ2v) is 16.2. The van der Waals surface area contributed by atoms with Crippen LogP contribution < -0.4 is 0 Å². The molecule has 29 heavy (non-hydrogen) atoms. The van der Waals surface area contributed by atoms with Crippen molar-refractivity contribution in [3.05, 3.63) is 12.8 Å². The molecule has 1 saturated heterocycles. The number of amidine groups is 2. The average Bonchev–Trinajstić information content (AvgIpc) is 3.28. The molecule has 166 valence electrons. The number of aliphatic hydroxyl groups excluding tert-OH is 1. The molecule has 0 aromatic rings. The Hall–Kier alpha value is -0.833. The third-order valence-electron chi connectivity index (χ3n) is 5.90. The number of aliphatic imine (C=N–C) groups is 1.